The van der Waals surface area contributed by atoms with Gasteiger partial charge < -0.3 is 14.9 Å². The minimum Gasteiger partial charge on any atom is -0.545 e. The summed E-state index contributed by atoms with van der Waals surface area (Å²) in [7, 11) is 0. The molecule has 0 aliphatic rings. The van der Waals surface area contributed by atoms with Crippen molar-refractivity contribution in [3.05, 3.63) is 30.1 Å². The van der Waals surface area contributed by atoms with Crippen LogP contribution < -0.4 is 5.11 Å². The second-order valence-corrected chi connectivity index (χ2v) is 2.43. The fraction of sp³-hybridized carbons (Fsp3) is 0. The Morgan fingerprint density at radius 1 is 1.58 bits per heavy atom. The number of hydrogen-bond donors (Lipinski definition) is 1. The standard InChI is InChI=1S/C8H6N2O2/c11-8(12)6-3-5-1-2-9-7(5)10-4-6/h1-4H,(H,9,10)(H,11,12)/p-1. The normalized spacial score (nSPS) is 10.3. The number of nitrogens with one attached hydrogen (secondary N) is 1. The molecule has 0 aliphatic heterocycles. The molecule has 0 saturated heterocycles. The molecule has 0 aliphatic carbocycles. The van der Waals surface area contributed by atoms with Gasteiger partial charge in [-0.1, -0.05) is 0 Å². The van der Waals surface area contributed by atoms with Crippen molar-refractivity contribution in [3.63, 3.8) is 0 Å². The number of nitrogens with zero attached hydrogens (tertiary/aromatic N) is 1. The Labute approximate surface area is 67.9 Å². The highest BCUT2D eigenvalue weighted by Gasteiger charge is 1.97. The van der Waals surface area contributed by atoms with Crippen molar-refractivity contribution in [2.75, 3.05) is 0 Å². The summed E-state index contributed by atoms with van der Waals surface area (Å²) in [5, 5.41) is 11.2. The van der Waals surface area contributed by atoms with E-state index >= 15 is 0 Å². The van der Waals surface area contributed by atoms with Crippen molar-refractivity contribution in [2.45, 2.75) is 0 Å². The number of aromatic amines is 1. The second-order valence-electron chi connectivity index (χ2n) is 2.43. The van der Waals surface area contributed by atoms with Crippen molar-refractivity contribution in [2.24, 2.45) is 0 Å². The van der Waals surface area contributed by atoms with Crippen molar-refractivity contribution >= 4 is 17.0 Å². The van der Waals surface area contributed by atoms with Crippen LogP contribution in [0.5, 0.6) is 0 Å². The largest absolute Gasteiger partial charge is 0.545 e. The van der Waals surface area contributed by atoms with Gasteiger partial charge in [-0.05, 0) is 12.1 Å². The molecule has 0 unspecified atom stereocenters. The van der Waals surface area contributed by atoms with Crippen LogP contribution in [-0.2, 0) is 0 Å². The van der Waals surface area contributed by atoms with Crippen molar-refractivity contribution in [1.29, 1.82) is 0 Å². The number of carboxylic acids is 1. The zero-order valence-electron chi connectivity index (χ0n) is 6.07. The number of aromatic nitrogens is 2. The van der Waals surface area contributed by atoms with Crippen LogP contribution in [0.1, 0.15) is 10.4 Å². The van der Waals surface area contributed by atoms with Crippen molar-refractivity contribution in [1.82, 2.24) is 9.97 Å². The lowest BCUT2D eigenvalue weighted by Crippen LogP contribution is -2.22. The lowest BCUT2D eigenvalue weighted by atomic mass is 10.2. The van der Waals surface area contributed by atoms with Gasteiger partial charge in [-0.15, -0.1) is 0 Å². The van der Waals surface area contributed by atoms with Crippen LogP contribution in [0.15, 0.2) is 24.5 Å². The summed E-state index contributed by atoms with van der Waals surface area (Å²) in [6, 6.07) is 3.28. The molecule has 0 atom stereocenters. The van der Waals surface area contributed by atoms with Crippen LogP contribution in [-0.4, -0.2) is 15.9 Å². The van der Waals surface area contributed by atoms with E-state index in [1.165, 1.54) is 12.3 Å². The summed E-state index contributed by atoms with van der Waals surface area (Å²) in [5.41, 5.74) is 0.780. The van der Waals surface area contributed by atoms with Gasteiger partial charge in [-0.25, -0.2) is 4.98 Å². The highest BCUT2D eigenvalue weighted by Crippen LogP contribution is 2.10. The predicted molar refractivity (Wildman–Crippen MR) is 40.4 cm³/mol. The fourth-order valence-corrected chi connectivity index (χ4v) is 1.05. The summed E-state index contributed by atoms with van der Waals surface area (Å²) < 4.78 is 0. The molecular formula is C8H5N2O2-. The van der Waals surface area contributed by atoms with Crippen LogP contribution in [0.25, 0.3) is 11.0 Å². The van der Waals surface area contributed by atoms with E-state index in [1.807, 2.05) is 0 Å². The van der Waals surface area contributed by atoms with Gasteiger partial charge >= 0.3 is 0 Å². The van der Waals surface area contributed by atoms with Gasteiger partial charge in [-0.2, -0.15) is 0 Å². The number of carbonyl (C=O) groups excluding carboxylic acids is 1. The van der Waals surface area contributed by atoms with Crippen LogP contribution in [0, 0.1) is 0 Å². The number of aromatic carboxylic acids is 1. The topological polar surface area (TPSA) is 68.8 Å². The molecule has 0 amide bonds. The molecule has 0 saturated carbocycles. The zero-order valence-corrected chi connectivity index (χ0v) is 6.07. The maximum absolute atomic E-state index is 10.4. The van der Waals surface area contributed by atoms with Crippen molar-refractivity contribution in [3.8, 4) is 0 Å². The van der Waals surface area contributed by atoms with Gasteiger partial charge in [0.25, 0.3) is 0 Å². The lowest BCUT2D eigenvalue weighted by Gasteiger charge is -1.99. The van der Waals surface area contributed by atoms with E-state index in [0.29, 0.717) is 5.65 Å². The molecule has 0 bridgehead atoms. The number of carboxylic acid groups (broad SMARTS) is 1. The summed E-state index contributed by atoms with van der Waals surface area (Å²) in [6.07, 6.45) is 2.98. The molecule has 0 aromatic carbocycles. The molecule has 2 heterocycles. The molecule has 60 valence electrons. The third kappa shape index (κ3) is 0.934. The molecule has 1 N–H and O–H groups in total. The fourth-order valence-electron chi connectivity index (χ4n) is 1.05. The summed E-state index contributed by atoms with van der Waals surface area (Å²) in [6.45, 7) is 0. The third-order valence-corrected chi connectivity index (χ3v) is 1.64. The zero-order chi connectivity index (χ0) is 8.55. The van der Waals surface area contributed by atoms with Crippen molar-refractivity contribution < 1.29 is 9.90 Å². The van der Waals surface area contributed by atoms with E-state index in [4.69, 9.17) is 0 Å². The Bertz CT molecular complexity index is 433. The second kappa shape index (κ2) is 2.34. The molecular weight excluding hydrogens is 156 g/mol. The number of pyridine rings is 1. The average molecular weight is 161 g/mol. The first kappa shape index (κ1) is 6.84. The lowest BCUT2D eigenvalue weighted by molar-refractivity contribution is -0.255. The Morgan fingerprint density at radius 3 is 3.17 bits per heavy atom. The number of rotatable bonds is 1. The summed E-state index contributed by atoms with van der Waals surface area (Å²) in [5.74, 6) is -1.20. The molecule has 2 aromatic rings. The number of fused-ring (bicyclic) bond motifs is 1. The highest BCUT2D eigenvalue weighted by atomic mass is 16.4. The smallest absolute Gasteiger partial charge is 0.137 e. The molecule has 4 nitrogen and oxygen atoms in total. The number of carbonyl (C=O) groups is 1. The number of hydrogen-bond acceptors (Lipinski definition) is 3. The van der Waals surface area contributed by atoms with Gasteiger partial charge in [0, 0.05) is 23.3 Å². The molecule has 0 spiro atoms. The van der Waals surface area contributed by atoms with E-state index in [1.54, 1.807) is 12.3 Å². The van der Waals surface area contributed by atoms with Crippen LogP contribution in [0.4, 0.5) is 0 Å². The minimum absolute atomic E-state index is 0.0992. The van der Waals surface area contributed by atoms with Crippen LogP contribution >= 0.6 is 0 Å². The molecule has 2 rings (SSSR count). The van der Waals surface area contributed by atoms with Gasteiger partial charge in [0.2, 0.25) is 0 Å². The monoisotopic (exact) mass is 161 g/mol. The van der Waals surface area contributed by atoms with E-state index in [-0.39, 0.29) is 5.56 Å². The Kier molecular flexibility index (Phi) is 1.33. The Balaban J connectivity index is 2.68. The Hall–Kier alpha value is -1.84. The van der Waals surface area contributed by atoms with Gasteiger partial charge in [-0.3, -0.25) is 0 Å². The molecule has 4 heteroatoms. The van der Waals surface area contributed by atoms with Gasteiger partial charge in [0.15, 0.2) is 0 Å². The summed E-state index contributed by atoms with van der Waals surface area (Å²) >= 11 is 0. The SMILES string of the molecule is O=C([O-])c1cnc2[nH]ccc2c1. The van der Waals surface area contributed by atoms with Crippen LogP contribution in [0.3, 0.4) is 0 Å². The van der Waals surface area contributed by atoms with Gasteiger partial charge in [0.1, 0.15) is 5.65 Å². The quantitative estimate of drug-likeness (QED) is 0.636. The minimum atomic E-state index is -1.20. The molecule has 12 heavy (non-hydrogen) atoms. The predicted octanol–water partition coefficient (Wildman–Crippen LogP) is -0.0736. The highest BCUT2D eigenvalue weighted by molar-refractivity contribution is 5.90. The average Bonchev–Trinajstić information content (AvgIpc) is 2.49. The maximum atomic E-state index is 10.4. The first-order chi connectivity index (χ1) is 5.77. The summed E-state index contributed by atoms with van der Waals surface area (Å²) in [4.78, 5) is 17.2. The molecule has 0 fully saturated rings. The third-order valence-electron chi connectivity index (χ3n) is 1.64. The number of H-pyrrole nitrogens is 1. The van der Waals surface area contributed by atoms with Crippen LogP contribution in [0.2, 0.25) is 0 Å². The first-order valence-corrected chi connectivity index (χ1v) is 3.42. The van der Waals surface area contributed by atoms with E-state index < -0.39 is 5.97 Å². The first-order valence-electron chi connectivity index (χ1n) is 3.42. The van der Waals surface area contributed by atoms with Gasteiger partial charge in [0.05, 0.1) is 5.97 Å². The Morgan fingerprint density at radius 2 is 2.42 bits per heavy atom. The van der Waals surface area contributed by atoms with E-state index in [2.05, 4.69) is 9.97 Å². The van der Waals surface area contributed by atoms with E-state index in [0.717, 1.165) is 5.39 Å². The van der Waals surface area contributed by atoms with E-state index in [9.17, 15) is 9.90 Å². The maximum Gasteiger partial charge on any atom is 0.137 e. The molecule has 2 aromatic heterocycles. The molecule has 0 radical (unpaired) electrons.